The lowest BCUT2D eigenvalue weighted by Gasteiger charge is -2.16. The summed E-state index contributed by atoms with van der Waals surface area (Å²) in [6.45, 7) is 3.99. The molecule has 0 radical (unpaired) electrons. The highest BCUT2D eigenvalue weighted by Crippen LogP contribution is 2.39. The molecule has 7 nitrogen and oxygen atoms in total. The molecule has 0 fully saturated rings. The largest absolute Gasteiger partial charge is 0.496 e. The molecule has 9 heteroatoms. The van der Waals surface area contributed by atoms with E-state index in [0.29, 0.717) is 16.5 Å². The molecular formula is C27H22ClN3O4S. The molecule has 0 spiro atoms. The molecule has 1 N–H and O–H groups in total. The summed E-state index contributed by atoms with van der Waals surface area (Å²) in [7, 11) is -2.23. The zero-order valence-corrected chi connectivity index (χ0v) is 21.3. The van der Waals surface area contributed by atoms with Gasteiger partial charge in [-0.25, -0.2) is 8.42 Å². The molecule has 0 unspecified atom stereocenters. The first-order valence-electron chi connectivity index (χ1n) is 11.0. The number of hydrogen-bond acceptors (Lipinski definition) is 6. The van der Waals surface area contributed by atoms with E-state index in [9.17, 15) is 8.42 Å². The number of hydrogen-bond donors (Lipinski definition) is 1. The van der Waals surface area contributed by atoms with Crippen LogP contribution in [0.15, 0.2) is 82.5 Å². The Bertz CT molecular complexity index is 1700. The SMILES string of the molecule is COc1cc(-c2ccc(C)c(Cl)c2)c(C)cc1-c1nccc2cc(S(=O)(=O)Nc3ccon3)ccc12. The van der Waals surface area contributed by atoms with E-state index < -0.39 is 10.0 Å². The smallest absolute Gasteiger partial charge is 0.263 e. The first kappa shape index (κ1) is 23.8. The van der Waals surface area contributed by atoms with Gasteiger partial charge in [-0.15, -0.1) is 0 Å². The molecular weight excluding hydrogens is 498 g/mol. The fraction of sp³-hybridized carbons (Fsp3) is 0.111. The third-order valence-corrected chi connectivity index (χ3v) is 7.77. The highest BCUT2D eigenvalue weighted by atomic mass is 35.5. The Morgan fingerprint density at radius 1 is 0.944 bits per heavy atom. The van der Waals surface area contributed by atoms with E-state index in [0.717, 1.165) is 38.6 Å². The van der Waals surface area contributed by atoms with Crippen LogP contribution in [0, 0.1) is 13.8 Å². The van der Waals surface area contributed by atoms with E-state index in [2.05, 4.69) is 14.9 Å². The van der Waals surface area contributed by atoms with Gasteiger partial charge in [-0.1, -0.05) is 35.0 Å². The average molecular weight is 520 g/mol. The predicted molar refractivity (Wildman–Crippen MR) is 141 cm³/mol. The number of ether oxygens (including phenoxy) is 1. The van der Waals surface area contributed by atoms with Crippen molar-refractivity contribution >= 4 is 38.2 Å². The Kier molecular flexibility index (Phi) is 6.15. The molecule has 5 rings (SSSR count). The highest BCUT2D eigenvalue weighted by Gasteiger charge is 2.19. The number of sulfonamides is 1. The summed E-state index contributed by atoms with van der Waals surface area (Å²) < 4.78 is 38.5. The van der Waals surface area contributed by atoms with Gasteiger partial charge in [-0.3, -0.25) is 9.71 Å². The monoisotopic (exact) mass is 519 g/mol. The molecule has 2 heterocycles. The summed E-state index contributed by atoms with van der Waals surface area (Å²) in [5.41, 5.74) is 5.53. The number of anilines is 1. The molecule has 5 aromatic rings. The van der Waals surface area contributed by atoms with Crippen LogP contribution in [0.4, 0.5) is 5.82 Å². The van der Waals surface area contributed by atoms with Gasteiger partial charge in [0.2, 0.25) is 0 Å². The summed E-state index contributed by atoms with van der Waals surface area (Å²) in [5, 5.41) is 5.83. The van der Waals surface area contributed by atoms with E-state index in [-0.39, 0.29) is 10.7 Å². The minimum absolute atomic E-state index is 0.102. The fourth-order valence-electron chi connectivity index (χ4n) is 4.11. The summed E-state index contributed by atoms with van der Waals surface area (Å²) >= 11 is 6.37. The molecule has 0 atom stereocenters. The van der Waals surface area contributed by atoms with Crippen molar-refractivity contribution in [1.82, 2.24) is 10.1 Å². The Balaban J connectivity index is 1.60. The molecule has 0 aliphatic carbocycles. The molecule has 0 aliphatic rings. The van der Waals surface area contributed by atoms with Crippen molar-refractivity contribution < 1.29 is 17.7 Å². The number of aromatic nitrogens is 2. The first-order chi connectivity index (χ1) is 17.3. The van der Waals surface area contributed by atoms with Crippen LogP contribution in [0.5, 0.6) is 5.75 Å². The number of pyridine rings is 1. The quantitative estimate of drug-likeness (QED) is 0.270. The topological polar surface area (TPSA) is 94.3 Å². The number of nitrogens with one attached hydrogen (secondary N) is 1. The second-order valence-corrected chi connectivity index (χ2v) is 10.5. The van der Waals surface area contributed by atoms with Crippen LogP contribution >= 0.6 is 11.6 Å². The number of halogens is 1. The second-order valence-electron chi connectivity index (χ2n) is 8.36. The van der Waals surface area contributed by atoms with Crippen molar-refractivity contribution in [2.75, 3.05) is 11.8 Å². The Labute approximate surface area is 213 Å². The molecule has 0 bridgehead atoms. The van der Waals surface area contributed by atoms with Crippen LogP contribution in [0.25, 0.3) is 33.2 Å². The molecule has 182 valence electrons. The van der Waals surface area contributed by atoms with Gasteiger partial charge in [-0.05, 0) is 77.9 Å². The summed E-state index contributed by atoms with van der Waals surface area (Å²) in [4.78, 5) is 4.72. The van der Waals surface area contributed by atoms with Gasteiger partial charge in [-0.2, -0.15) is 0 Å². The van der Waals surface area contributed by atoms with E-state index >= 15 is 0 Å². The van der Waals surface area contributed by atoms with Crippen molar-refractivity contribution in [1.29, 1.82) is 0 Å². The summed E-state index contributed by atoms with van der Waals surface area (Å²) in [5.74, 6) is 0.761. The number of aryl methyl sites for hydroxylation is 2. The molecule has 0 saturated heterocycles. The average Bonchev–Trinajstić information content (AvgIpc) is 3.37. The normalized spacial score (nSPS) is 11.6. The lowest BCUT2D eigenvalue weighted by atomic mass is 9.94. The van der Waals surface area contributed by atoms with Gasteiger partial charge in [0, 0.05) is 28.2 Å². The molecule has 0 saturated carbocycles. The summed E-state index contributed by atoms with van der Waals surface area (Å²) in [6, 6.07) is 18.1. The lowest BCUT2D eigenvalue weighted by Crippen LogP contribution is -2.13. The van der Waals surface area contributed by atoms with Gasteiger partial charge in [0.05, 0.1) is 17.7 Å². The van der Waals surface area contributed by atoms with E-state index in [1.807, 2.05) is 44.2 Å². The van der Waals surface area contributed by atoms with Crippen molar-refractivity contribution in [3.63, 3.8) is 0 Å². The number of methoxy groups -OCH3 is 1. The van der Waals surface area contributed by atoms with Crippen LogP contribution in [0.3, 0.4) is 0 Å². The maximum Gasteiger partial charge on any atom is 0.263 e. The van der Waals surface area contributed by atoms with Crippen molar-refractivity contribution in [2.45, 2.75) is 18.7 Å². The van der Waals surface area contributed by atoms with Gasteiger partial charge < -0.3 is 9.26 Å². The van der Waals surface area contributed by atoms with Crippen LogP contribution in [0.2, 0.25) is 5.02 Å². The van der Waals surface area contributed by atoms with E-state index in [4.69, 9.17) is 20.9 Å². The maximum atomic E-state index is 12.8. The molecule has 3 aromatic carbocycles. The van der Waals surface area contributed by atoms with Crippen LogP contribution < -0.4 is 9.46 Å². The molecule has 36 heavy (non-hydrogen) atoms. The van der Waals surface area contributed by atoms with Gasteiger partial charge >= 0.3 is 0 Å². The van der Waals surface area contributed by atoms with Crippen LogP contribution in [-0.2, 0) is 10.0 Å². The third kappa shape index (κ3) is 4.41. The minimum atomic E-state index is -3.84. The van der Waals surface area contributed by atoms with Gasteiger partial charge in [0.25, 0.3) is 10.0 Å². The Hall–Kier alpha value is -3.88. The van der Waals surface area contributed by atoms with Gasteiger partial charge in [0.15, 0.2) is 5.82 Å². The van der Waals surface area contributed by atoms with E-state index in [1.165, 1.54) is 18.4 Å². The van der Waals surface area contributed by atoms with Crippen molar-refractivity contribution in [3.05, 3.63) is 89.3 Å². The second kappa shape index (κ2) is 9.29. The molecule has 2 aromatic heterocycles. The first-order valence-corrected chi connectivity index (χ1v) is 12.9. The minimum Gasteiger partial charge on any atom is -0.496 e. The zero-order valence-electron chi connectivity index (χ0n) is 19.7. The number of nitrogens with zero attached hydrogens (tertiary/aromatic N) is 2. The Morgan fingerprint density at radius 3 is 2.50 bits per heavy atom. The molecule has 0 amide bonds. The van der Waals surface area contributed by atoms with Crippen molar-refractivity contribution in [2.24, 2.45) is 0 Å². The summed E-state index contributed by atoms with van der Waals surface area (Å²) in [6.07, 6.45) is 2.95. The zero-order chi connectivity index (χ0) is 25.4. The van der Waals surface area contributed by atoms with Crippen LogP contribution in [-0.4, -0.2) is 25.7 Å². The van der Waals surface area contributed by atoms with Crippen molar-refractivity contribution in [3.8, 4) is 28.1 Å². The fourth-order valence-corrected chi connectivity index (χ4v) is 5.32. The number of benzene rings is 3. The lowest BCUT2D eigenvalue weighted by molar-refractivity contribution is 0.416. The third-order valence-electron chi connectivity index (χ3n) is 6.01. The highest BCUT2D eigenvalue weighted by molar-refractivity contribution is 7.92. The van der Waals surface area contributed by atoms with Gasteiger partial charge in [0.1, 0.15) is 12.0 Å². The predicted octanol–water partition coefficient (Wildman–Crippen LogP) is 6.64. The number of fused-ring (bicyclic) bond motifs is 1. The van der Waals surface area contributed by atoms with E-state index in [1.54, 1.807) is 31.5 Å². The molecule has 0 aliphatic heterocycles. The number of rotatable bonds is 6. The van der Waals surface area contributed by atoms with Crippen LogP contribution in [0.1, 0.15) is 11.1 Å². The maximum absolute atomic E-state index is 12.8. The Morgan fingerprint density at radius 2 is 1.78 bits per heavy atom. The standard InChI is InChI=1S/C27H22ClN3O4S/c1-16-4-5-18(14-24(16)28)22-15-25(34-3)23(12-17(22)2)27-21-7-6-20(13-19(21)8-10-29-27)36(32,33)31-26-9-11-35-30-26/h4-15H,1-3H3,(H,30,31).